The van der Waals surface area contributed by atoms with Crippen molar-refractivity contribution in [3.63, 3.8) is 0 Å². The van der Waals surface area contributed by atoms with Crippen LogP contribution in [0.1, 0.15) is 10.4 Å². The average molecular weight is 483 g/mol. The van der Waals surface area contributed by atoms with Crippen LogP contribution < -0.4 is 5.32 Å². The first-order valence-corrected chi connectivity index (χ1v) is 7.62. The third-order valence-corrected chi connectivity index (χ3v) is 4.10. The number of carbonyl (C=O) groups is 1. The van der Waals surface area contributed by atoms with Crippen LogP contribution in [-0.2, 0) is 0 Å². The predicted molar refractivity (Wildman–Crippen MR) is 91.3 cm³/mol. The highest BCUT2D eigenvalue weighted by atomic mass is 127. The number of hydrogen-bond acceptors (Lipinski definition) is 1. The van der Waals surface area contributed by atoms with Crippen molar-refractivity contribution >= 4 is 68.4 Å². The molecule has 5 heteroatoms. The Balaban J connectivity index is 2.18. The van der Waals surface area contributed by atoms with Gasteiger partial charge in [0.25, 0.3) is 5.91 Å². The molecule has 1 amide bonds. The first kappa shape index (κ1) is 14.1. The van der Waals surface area contributed by atoms with Gasteiger partial charge >= 0.3 is 0 Å². The molecule has 0 bridgehead atoms. The van der Waals surface area contributed by atoms with E-state index in [0.717, 1.165) is 12.8 Å². The molecule has 18 heavy (non-hydrogen) atoms. The molecule has 0 fully saturated rings. The number of anilines is 1. The van der Waals surface area contributed by atoms with Crippen LogP contribution in [0.15, 0.2) is 42.5 Å². The fourth-order valence-corrected chi connectivity index (χ4v) is 3.25. The number of halogens is 3. The van der Waals surface area contributed by atoms with Gasteiger partial charge in [0.1, 0.15) is 0 Å². The van der Waals surface area contributed by atoms with E-state index in [4.69, 9.17) is 11.6 Å². The SMILES string of the molecule is O=C(Nc1ccc(I)cc1I)c1ccc(Cl)cc1. The minimum absolute atomic E-state index is 0.134. The van der Waals surface area contributed by atoms with Crippen LogP contribution in [0.25, 0.3) is 0 Å². The Hall–Kier alpha value is -0.340. The zero-order chi connectivity index (χ0) is 13.1. The van der Waals surface area contributed by atoms with Crippen LogP contribution >= 0.6 is 56.8 Å². The molecule has 0 heterocycles. The van der Waals surface area contributed by atoms with Crippen molar-refractivity contribution in [3.8, 4) is 0 Å². The average Bonchev–Trinajstić information content (AvgIpc) is 2.33. The van der Waals surface area contributed by atoms with Crippen molar-refractivity contribution in [2.24, 2.45) is 0 Å². The lowest BCUT2D eigenvalue weighted by Crippen LogP contribution is -2.12. The van der Waals surface area contributed by atoms with Crippen LogP contribution in [0, 0.1) is 7.14 Å². The molecule has 0 aliphatic heterocycles. The Kier molecular flexibility index (Phi) is 4.85. The van der Waals surface area contributed by atoms with Crippen LogP contribution in [0.3, 0.4) is 0 Å². The minimum Gasteiger partial charge on any atom is -0.321 e. The Labute approximate surface area is 137 Å². The van der Waals surface area contributed by atoms with Gasteiger partial charge in [0.2, 0.25) is 0 Å². The van der Waals surface area contributed by atoms with Crippen molar-refractivity contribution in [2.75, 3.05) is 5.32 Å². The molecule has 2 rings (SSSR count). The fourth-order valence-electron chi connectivity index (χ4n) is 1.39. The Bertz CT molecular complexity index is 584. The second-order valence-electron chi connectivity index (χ2n) is 3.59. The molecule has 0 atom stereocenters. The van der Waals surface area contributed by atoms with Gasteiger partial charge in [-0.15, -0.1) is 0 Å². The van der Waals surface area contributed by atoms with E-state index < -0.39 is 0 Å². The zero-order valence-electron chi connectivity index (χ0n) is 9.08. The van der Waals surface area contributed by atoms with Gasteiger partial charge in [-0.3, -0.25) is 4.79 Å². The minimum atomic E-state index is -0.134. The van der Waals surface area contributed by atoms with Crippen LogP contribution in [0.2, 0.25) is 5.02 Å². The van der Waals surface area contributed by atoms with Gasteiger partial charge < -0.3 is 5.32 Å². The summed E-state index contributed by atoms with van der Waals surface area (Å²) in [5, 5.41) is 3.50. The van der Waals surface area contributed by atoms with Gasteiger partial charge in [-0.1, -0.05) is 11.6 Å². The number of amides is 1. The monoisotopic (exact) mass is 483 g/mol. The van der Waals surface area contributed by atoms with E-state index in [1.807, 2.05) is 18.2 Å². The van der Waals surface area contributed by atoms with Crippen LogP contribution in [-0.4, -0.2) is 5.91 Å². The lowest BCUT2D eigenvalue weighted by molar-refractivity contribution is 0.102. The number of carbonyl (C=O) groups excluding carboxylic acids is 1. The first-order chi connectivity index (χ1) is 8.56. The molecule has 0 saturated carbocycles. The summed E-state index contributed by atoms with van der Waals surface area (Å²) in [7, 11) is 0. The quantitative estimate of drug-likeness (QED) is 0.611. The molecular weight excluding hydrogens is 475 g/mol. The molecule has 0 unspecified atom stereocenters. The molecule has 0 radical (unpaired) electrons. The second kappa shape index (κ2) is 6.21. The van der Waals surface area contributed by atoms with Gasteiger partial charge in [-0.05, 0) is 87.6 Å². The molecule has 2 nitrogen and oxygen atoms in total. The maximum absolute atomic E-state index is 12.0. The van der Waals surface area contributed by atoms with Gasteiger partial charge in [-0.2, -0.15) is 0 Å². The first-order valence-electron chi connectivity index (χ1n) is 5.08. The highest BCUT2D eigenvalue weighted by Crippen LogP contribution is 2.21. The molecule has 0 aliphatic rings. The molecule has 0 aromatic heterocycles. The topological polar surface area (TPSA) is 29.1 Å². The van der Waals surface area contributed by atoms with Crippen molar-refractivity contribution < 1.29 is 4.79 Å². The zero-order valence-corrected chi connectivity index (χ0v) is 14.2. The summed E-state index contributed by atoms with van der Waals surface area (Å²) in [6, 6.07) is 12.7. The molecule has 0 aliphatic carbocycles. The number of nitrogens with one attached hydrogen (secondary N) is 1. The number of hydrogen-bond donors (Lipinski definition) is 1. The van der Waals surface area contributed by atoms with Crippen molar-refractivity contribution in [2.45, 2.75) is 0 Å². The lowest BCUT2D eigenvalue weighted by Gasteiger charge is -2.07. The largest absolute Gasteiger partial charge is 0.321 e. The summed E-state index contributed by atoms with van der Waals surface area (Å²) in [5.74, 6) is -0.134. The molecule has 0 spiro atoms. The highest BCUT2D eigenvalue weighted by Gasteiger charge is 2.08. The lowest BCUT2D eigenvalue weighted by atomic mass is 10.2. The molecule has 2 aromatic rings. The van der Waals surface area contributed by atoms with Crippen molar-refractivity contribution in [3.05, 3.63) is 60.2 Å². The third-order valence-electron chi connectivity index (χ3n) is 2.29. The van der Waals surface area contributed by atoms with E-state index >= 15 is 0 Å². The van der Waals surface area contributed by atoms with Gasteiger partial charge in [0.15, 0.2) is 0 Å². The van der Waals surface area contributed by atoms with E-state index in [-0.39, 0.29) is 5.91 Å². The summed E-state index contributed by atoms with van der Waals surface area (Å²) in [5.41, 5.74) is 1.41. The van der Waals surface area contributed by atoms with Crippen molar-refractivity contribution in [1.29, 1.82) is 0 Å². The van der Waals surface area contributed by atoms with E-state index in [1.54, 1.807) is 24.3 Å². The summed E-state index contributed by atoms with van der Waals surface area (Å²) < 4.78 is 2.16. The van der Waals surface area contributed by atoms with E-state index in [2.05, 4.69) is 50.5 Å². The van der Waals surface area contributed by atoms with E-state index in [9.17, 15) is 4.79 Å². The second-order valence-corrected chi connectivity index (χ2v) is 6.43. The summed E-state index contributed by atoms with van der Waals surface area (Å²) >= 11 is 10.2. The third kappa shape index (κ3) is 3.58. The fraction of sp³-hybridized carbons (Fsp3) is 0. The standard InChI is InChI=1S/C13H8ClI2NO/c14-9-3-1-8(2-4-9)13(18)17-12-6-5-10(15)7-11(12)16/h1-7H,(H,17,18). The van der Waals surface area contributed by atoms with Crippen LogP contribution in [0.4, 0.5) is 5.69 Å². The summed E-state index contributed by atoms with van der Waals surface area (Å²) in [6.45, 7) is 0. The Morgan fingerprint density at radius 3 is 2.33 bits per heavy atom. The molecule has 1 N–H and O–H groups in total. The van der Waals surface area contributed by atoms with E-state index in [1.165, 1.54) is 0 Å². The summed E-state index contributed by atoms with van der Waals surface area (Å²) in [4.78, 5) is 12.0. The molecule has 92 valence electrons. The van der Waals surface area contributed by atoms with Gasteiger partial charge in [0, 0.05) is 17.7 Å². The maximum Gasteiger partial charge on any atom is 0.255 e. The van der Waals surface area contributed by atoms with E-state index in [0.29, 0.717) is 10.6 Å². The smallest absolute Gasteiger partial charge is 0.255 e. The number of rotatable bonds is 2. The summed E-state index contributed by atoms with van der Waals surface area (Å²) in [6.07, 6.45) is 0. The van der Waals surface area contributed by atoms with Gasteiger partial charge in [-0.25, -0.2) is 0 Å². The Morgan fingerprint density at radius 1 is 1.06 bits per heavy atom. The molecular formula is C13H8ClI2NO. The van der Waals surface area contributed by atoms with Crippen LogP contribution in [0.5, 0.6) is 0 Å². The highest BCUT2D eigenvalue weighted by molar-refractivity contribution is 14.1. The maximum atomic E-state index is 12.0. The number of benzene rings is 2. The van der Waals surface area contributed by atoms with Gasteiger partial charge in [0.05, 0.1) is 5.69 Å². The predicted octanol–water partition coefficient (Wildman–Crippen LogP) is 4.80. The van der Waals surface area contributed by atoms with Crippen molar-refractivity contribution in [1.82, 2.24) is 0 Å². The molecule has 0 saturated heterocycles. The Morgan fingerprint density at radius 2 is 1.72 bits per heavy atom. The molecule has 2 aromatic carbocycles. The normalized spacial score (nSPS) is 10.2.